The van der Waals surface area contributed by atoms with E-state index in [0.717, 1.165) is 43.4 Å². The number of imide groups is 1. The van der Waals surface area contributed by atoms with Crippen LogP contribution in [0, 0.1) is 5.92 Å². The van der Waals surface area contributed by atoms with E-state index in [1.807, 2.05) is 29.2 Å². The third kappa shape index (κ3) is 6.36. The number of likely N-dealkylation sites (tertiary alicyclic amines) is 1. The van der Waals surface area contributed by atoms with Crippen LogP contribution in [0.1, 0.15) is 57.9 Å². The third-order valence-electron chi connectivity index (χ3n) is 6.17. The molecule has 2 aliphatic heterocycles. The van der Waals surface area contributed by atoms with Gasteiger partial charge in [0.05, 0.1) is 12.2 Å². The molecule has 1 aromatic rings. The quantitative estimate of drug-likeness (QED) is 0.360. The molecular formula is C26H38N2O5. The van der Waals surface area contributed by atoms with Gasteiger partial charge in [0.2, 0.25) is 0 Å². The van der Waals surface area contributed by atoms with E-state index < -0.39 is 0 Å². The van der Waals surface area contributed by atoms with Crippen molar-refractivity contribution in [3.8, 4) is 5.75 Å². The summed E-state index contributed by atoms with van der Waals surface area (Å²) >= 11 is 0. The fourth-order valence-electron chi connectivity index (χ4n) is 4.35. The average Bonchev–Trinajstić information content (AvgIpc) is 3.09. The molecule has 1 aromatic carbocycles. The maximum Gasteiger partial charge on any atom is 0.277 e. The number of unbranched alkanes of at least 4 members (excludes halogenated alkanes) is 1. The summed E-state index contributed by atoms with van der Waals surface area (Å²) in [5, 5.41) is 9.68. The first-order chi connectivity index (χ1) is 16.1. The molecular weight excluding hydrogens is 420 g/mol. The predicted octanol–water partition coefficient (Wildman–Crippen LogP) is 3.47. The number of carbonyl (C=O) groups is 2. The first-order valence-electron chi connectivity index (χ1n) is 12.4. The van der Waals surface area contributed by atoms with Gasteiger partial charge in [-0.25, -0.2) is 0 Å². The van der Waals surface area contributed by atoms with Crippen LogP contribution in [0.15, 0.2) is 30.0 Å². The largest absolute Gasteiger partial charge is 0.494 e. The van der Waals surface area contributed by atoms with Crippen LogP contribution in [0.3, 0.4) is 0 Å². The van der Waals surface area contributed by atoms with E-state index >= 15 is 0 Å². The lowest BCUT2D eigenvalue weighted by molar-refractivity contribution is -0.137. The molecule has 33 heavy (non-hydrogen) atoms. The summed E-state index contributed by atoms with van der Waals surface area (Å²) in [4.78, 5) is 30.2. The lowest BCUT2D eigenvalue weighted by atomic mass is 9.97. The number of ether oxygens (including phenoxy) is 2. The lowest BCUT2D eigenvalue weighted by Gasteiger charge is -2.34. The summed E-state index contributed by atoms with van der Waals surface area (Å²) in [5.41, 5.74) is 1.64. The van der Waals surface area contributed by atoms with E-state index in [4.69, 9.17) is 9.47 Å². The number of aliphatic hydroxyl groups is 1. The Balaban J connectivity index is 1.81. The van der Waals surface area contributed by atoms with Crippen molar-refractivity contribution in [2.24, 2.45) is 5.92 Å². The van der Waals surface area contributed by atoms with E-state index in [0.29, 0.717) is 57.1 Å². The molecule has 1 unspecified atom stereocenters. The van der Waals surface area contributed by atoms with Crippen LogP contribution in [-0.2, 0) is 14.3 Å². The van der Waals surface area contributed by atoms with Gasteiger partial charge in [-0.05, 0) is 55.7 Å². The minimum atomic E-state index is -0.253. The molecule has 2 amide bonds. The standard InChI is InChI=1S/C26H38N2O5/c1-3-5-16-32-17-7-14-28-25(30)23(21-9-11-22(12-10-21)33-15-4-2)24(26(28)31)27-13-6-8-20(18-27)19-29/h9-12,20,29H,3-8,13-19H2,1-2H3. The van der Waals surface area contributed by atoms with E-state index in [2.05, 4.69) is 13.8 Å². The Morgan fingerprint density at radius 1 is 1.00 bits per heavy atom. The number of hydrogen-bond donors (Lipinski definition) is 1. The number of rotatable bonds is 13. The molecule has 7 nitrogen and oxygen atoms in total. The molecule has 0 bridgehead atoms. The lowest BCUT2D eigenvalue weighted by Crippen LogP contribution is -2.40. The molecule has 7 heteroatoms. The van der Waals surface area contributed by atoms with Crippen LogP contribution in [0.2, 0.25) is 0 Å². The number of carbonyl (C=O) groups excluding carboxylic acids is 2. The van der Waals surface area contributed by atoms with Gasteiger partial charge >= 0.3 is 0 Å². The Labute approximate surface area is 197 Å². The molecule has 2 aliphatic rings. The zero-order valence-electron chi connectivity index (χ0n) is 20.1. The number of hydrogen-bond acceptors (Lipinski definition) is 6. The van der Waals surface area contributed by atoms with Crippen LogP contribution in [0.25, 0.3) is 5.57 Å². The molecule has 182 valence electrons. The summed E-state index contributed by atoms with van der Waals surface area (Å²) in [6, 6.07) is 7.42. The van der Waals surface area contributed by atoms with Gasteiger partial charge in [0.1, 0.15) is 11.4 Å². The maximum absolute atomic E-state index is 13.4. The summed E-state index contributed by atoms with van der Waals surface area (Å²) in [6.07, 6.45) is 5.44. The molecule has 1 fully saturated rings. The highest BCUT2D eigenvalue weighted by molar-refractivity contribution is 6.35. The number of piperidine rings is 1. The summed E-state index contributed by atoms with van der Waals surface area (Å²) in [6.45, 7) is 7.75. The molecule has 0 spiro atoms. The van der Waals surface area contributed by atoms with Gasteiger partial charge < -0.3 is 19.5 Å². The van der Waals surface area contributed by atoms with Gasteiger partial charge in [-0.1, -0.05) is 32.4 Å². The zero-order chi connectivity index (χ0) is 23.6. The highest BCUT2D eigenvalue weighted by atomic mass is 16.5. The fraction of sp³-hybridized carbons (Fsp3) is 0.615. The Kier molecular flexibility index (Phi) is 9.76. The number of amides is 2. The van der Waals surface area contributed by atoms with Crippen molar-refractivity contribution in [2.45, 2.75) is 52.4 Å². The van der Waals surface area contributed by atoms with Gasteiger partial charge in [0, 0.05) is 39.5 Å². The van der Waals surface area contributed by atoms with Gasteiger partial charge in [-0.15, -0.1) is 0 Å². The average molecular weight is 459 g/mol. The van der Waals surface area contributed by atoms with Crippen LogP contribution >= 0.6 is 0 Å². The summed E-state index contributed by atoms with van der Waals surface area (Å²) < 4.78 is 11.3. The van der Waals surface area contributed by atoms with Gasteiger partial charge in [-0.2, -0.15) is 0 Å². The monoisotopic (exact) mass is 458 g/mol. The zero-order valence-corrected chi connectivity index (χ0v) is 20.1. The summed E-state index contributed by atoms with van der Waals surface area (Å²) in [7, 11) is 0. The second kappa shape index (κ2) is 12.8. The van der Waals surface area contributed by atoms with Crippen LogP contribution in [0.4, 0.5) is 0 Å². The van der Waals surface area contributed by atoms with Crippen molar-refractivity contribution in [2.75, 3.05) is 46.1 Å². The molecule has 0 aromatic heterocycles. The maximum atomic E-state index is 13.4. The molecule has 0 aliphatic carbocycles. The van der Waals surface area contributed by atoms with Crippen molar-refractivity contribution in [1.29, 1.82) is 0 Å². The van der Waals surface area contributed by atoms with Crippen LogP contribution in [0.5, 0.6) is 5.75 Å². The summed E-state index contributed by atoms with van der Waals surface area (Å²) in [5.74, 6) is 0.366. The van der Waals surface area contributed by atoms with E-state index in [-0.39, 0.29) is 24.3 Å². The van der Waals surface area contributed by atoms with E-state index in [1.54, 1.807) is 0 Å². The van der Waals surface area contributed by atoms with E-state index in [9.17, 15) is 14.7 Å². The number of aliphatic hydroxyl groups excluding tert-OH is 1. The molecule has 1 saturated heterocycles. The number of nitrogens with zero attached hydrogens (tertiary/aromatic N) is 2. The highest BCUT2D eigenvalue weighted by Gasteiger charge is 2.42. The van der Waals surface area contributed by atoms with Crippen molar-refractivity contribution < 1.29 is 24.2 Å². The van der Waals surface area contributed by atoms with Crippen molar-refractivity contribution >= 4 is 17.4 Å². The molecule has 2 heterocycles. The molecule has 0 saturated carbocycles. The Morgan fingerprint density at radius 3 is 2.45 bits per heavy atom. The Bertz CT molecular complexity index is 820. The second-order valence-corrected chi connectivity index (χ2v) is 8.81. The van der Waals surface area contributed by atoms with Gasteiger partial charge in [0.25, 0.3) is 11.8 Å². The third-order valence-corrected chi connectivity index (χ3v) is 6.17. The highest BCUT2D eigenvalue weighted by Crippen LogP contribution is 2.34. The van der Waals surface area contributed by atoms with Crippen LogP contribution < -0.4 is 4.74 Å². The number of benzene rings is 1. The first kappa shape index (κ1) is 25.2. The SMILES string of the molecule is CCCCOCCCN1C(=O)C(c2ccc(OCCC)cc2)=C(N2CCCC(CO)C2)C1=O. The Hall–Kier alpha value is -2.38. The van der Waals surface area contributed by atoms with Gasteiger partial charge in [0.15, 0.2) is 0 Å². The topological polar surface area (TPSA) is 79.3 Å². The van der Waals surface area contributed by atoms with Crippen molar-refractivity contribution in [3.63, 3.8) is 0 Å². The Morgan fingerprint density at radius 2 is 1.76 bits per heavy atom. The van der Waals surface area contributed by atoms with Crippen molar-refractivity contribution in [3.05, 3.63) is 35.5 Å². The molecule has 0 radical (unpaired) electrons. The van der Waals surface area contributed by atoms with E-state index in [1.165, 1.54) is 4.90 Å². The van der Waals surface area contributed by atoms with Crippen molar-refractivity contribution in [1.82, 2.24) is 9.80 Å². The molecule has 1 atom stereocenters. The first-order valence-corrected chi connectivity index (χ1v) is 12.4. The van der Waals surface area contributed by atoms with Crippen LogP contribution in [-0.4, -0.2) is 72.8 Å². The van der Waals surface area contributed by atoms with Gasteiger partial charge in [-0.3, -0.25) is 14.5 Å². The predicted molar refractivity (Wildman–Crippen MR) is 128 cm³/mol. The molecule has 3 rings (SSSR count). The smallest absolute Gasteiger partial charge is 0.277 e. The second-order valence-electron chi connectivity index (χ2n) is 8.81. The minimum Gasteiger partial charge on any atom is -0.494 e. The normalized spacial score (nSPS) is 19.1. The minimum absolute atomic E-state index is 0.0868. The fourth-order valence-corrected chi connectivity index (χ4v) is 4.35. The molecule has 1 N–H and O–H groups in total.